The van der Waals surface area contributed by atoms with Crippen LogP contribution in [0.25, 0.3) is 11.3 Å². The van der Waals surface area contributed by atoms with Crippen molar-refractivity contribution in [3.8, 4) is 11.3 Å². The number of rotatable bonds is 10. The predicted molar refractivity (Wildman–Crippen MR) is 139 cm³/mol. The normalized spacial score (nSPS) is 11.5. The molecule has 0 spiro atoms. The summed E-state index contributed by atoms with van der Waals surface area (Å²) in [6, 6.07) is 13.5. The summed E-state index contributed by atoms with van der Waals surface area (Å²) in [6.45, 7) is 1.95. The van der Waals surface area contributed by atoms with E-state index in [0.29, 0.717) is 35.1 Å². The number of nitrogen functional groups attached to an aromatic ring is 1. The Morgan fingerprint density at radius 2 is 1.79 bits per heavy atom. The lowest BCUT2D eigenvalue weighted by molar-refractivity contribution is -0.119. The lowest BCUT2D eigenvalue weighted by Crippen LogP contribution is -2.44. The van der Waals surface area contributed by atoms with E-state index in [1.807, 2.05) is 35.9 Å². The lowest BCUT2D eigenvalue weighted by atomic mass is 10.1. The minimum atomic E-state index is -0.696. The first-order valence-electron chi connectivity index (χ1n) is 10.6. The molecule has 0 bridgehead atoms. The van der Waals surface area contributed by atoms with Gasteiger partial charge in [-0.1, -0.05) is 24.3 Å². The third-order valence-electron chi connectivity index (χ3n) is 4.93. The Bertz CT molecular complexity index is 1130. The van der Waals surface area contributed by atoms with Crippen molar-refractivity contribution in [3.05, 3.63) is 65.0 Å². The summed E-state index contributed by atoms with van der Waals surface area (Å²) in [5.74, 6) is -0.0112. The number of nitrogens with zero attached hydrogens (tertiary/aromatic N) is 1. The third-order valence-corrected chi connectivity index (χ3v) is 6.33. The first-order chi connectivity index (χ1) is 16.4. The number of carbonyl (C=O) groups is 3. The first-order valence-corrected chi connectivity index (χ1v) is 12.9. The SMILES string of the molecule is CSCC[C@H](NC(=O)c1ccc(N)cc1)C(=O)Nc1nc(-c2ccc(CNC(C)=O)cc2)cs1. The average Bonchev–Trinajstić information content (AvgIpc) is 3.29. The highest BCUT2D eigenvalue weighted by atomic mass is 32.2. The second-order valence-corrected chi connectivity index (χ2v) is 9.41. The van der Waals surface area contributed by atoms with E-state index in [1.165, 1.54) is 18.3 Å². The van der Waals surface area contributed by atoms with Crippen LogP contribution in [-0.2, 0) is 16.1 Å². The number of thiazole rings is 1. The van der Waals surface area contributed by atoms with Crippen molar-refractivity contribution in [2.24, 2.45) is 0 Å². The number of hydrogen-bond donors (Lipinski definition) is 4. The van der Waals surface area contributed by atoms with Crippen LogP contribution in [0.15, 0.2) is 53.9 Å². The number of nitrogens with one attached hydrogen (secondary N) is 3. The zero-order chi connectivity index (χ0) is 24.5. The number of hydrogen-bond acceptors (Lipinski definition) is 7. The second kappa shape index (κ2) is 12.2. The molecule has 34 heavy (non-hydrogen) atoms. The minimum absolute atomic E-state index is 0.0792. The molecule has 0 unspecified atom stereocenters. The molecule has 1 aromatic heterocycles. The molecule has 10 heteroatoms. The van der Waals surface area contributed by atoms with Gasteiger partial charge in [0, 0.05) is 35.7 Å². The van der Waals surface area contributed by atoms with Crippen molar-refractivity contribution in [3.63, 3.8) is 0 Å². The molecule has 5 N–H and O–H groups in total. The van der Waals surface area contributed by atoms with Gasteiger partial charge in [0.1, 0.15) is 6.04 Å². The molecule has 178 valence electrons. The standard InChI is InChI=1S/C24H27N5O3S2/c1-15(30)26-13-16-3-5-17(6-4-16)21-14-34-24(28-21)29-23(32)20(11-12-33-2)27-22(31)18-7-9-19(25)10-8-18/h3-10,14,20H,11-13,25H2,1-2H3,(H,26,30)(H,27,31)(H,28,29,32)/t20-/m0/s1. The quantitative estimate of drug-likeness (QED) is 0.318. The smallest absolute Gasteiger partial charge is 0.251 e. The molecule has 0 saturated heterocycles. The van der Waals surface area contributed by atoms with Crippen molar-refractivity contribution in [2.45, 2.75) is 25.9 Å². The molecule has 3 rings (SSSR count). The van der Waals surface area contributed by atoms with E-state index in [0.717, 1.165) is 16.8 Å². The summed E-state index contributed by atoms with van der Waals surface area (Å²) < 4.78 is 0. The van der Waals surface area contributed by atoms with Gasteiger partial charge in [0.2, 0.25) is 11.8 Å². The molecule has 0 aliphatic heterocycles. The Labute approximate surface area is 206 Å². The summed E-state index contributed by atoms with van der Waals surface area (Å²) in [4.78, 5) is 41.1. The van der Waals surface area contributed by atoms with E-state index in [1.54, 1.807) is 36.0 Å². The number of thioether (sulfide) groups is 1. The van der Waals surface area contributed by atoms with E-state index in [2.05, 4.69) is 20.9 Å². The third kappa shape index (κ3) is 7.32. The minimum Gasteiger partial charge on any atom is -0.399 e. The van der Waals surface area contributed by atoms with Crippen LogP contribution in [0.1, 0.15) is 29.3 Å². The fourth-order valence-corrected chi connectivity index (χ4v) is 4.25. The van der Waals surface area contributed by atoms with Gasteiger partial charge in [-0.2, -0.15) is 11.8 Å². The molecule has 1 heterocycles. The van der Waals surface area contributed by atoms with E-state index in [4.69, 9.17) is 5.73 Å². The van der Waals surface area contributed by atoms with Crippen LogP contribution in [0.2, 0.25) is 0 Å². The van der Waals surface area contributed by atoms with Crippen LogP contribution < -0.4 is 21.7 Å². The van der Waals surface area contributed by atoms with Gasteiger partial charge >= 0.3 is 0 Å². The fraction of sp³-hybridized carbons (Fsp3) is 0.250. The molecule has 2 aromatic carbocycles. The Kier molecular flexibility index (Phi) is 9.06. The summed E-state index contributed by atoms with van der Waals surface area (Å²) in [5.41, 5.74) is 9.31. The number of aromatic nitrogens is 1. The molecule has 3 amide bonds. The first kappa shape index (κ1) is 25.3. The molecular formula is C24H27N5O3S2. The van der Waals surface area contributed by atoms with E-state index in [9.17, 15) is 14.4 Å². The van der Waals surface area contributed by atoms with Gasteiger partial charge in [-0.15, -0.1) is 11.3 Å². The monoisotopic (exact) mass is 497 g/mol. The average molecular weight is 498 g/mol. The van der Waals surface area contributed by atoms with E-state index >= 15 is 0 Å². The van der Waals surface area contributed by atoms with Gasteiger partial charge in [-0.05, 0) is 48.3 Å². The van der Waals surface area contributed by atoms with Crippen LogP contribution in [0.4, 0.5) is 10.8 Å². The number of anilines is 2. The Hall–Kier alpha value is -3.37. The molecule has 8 nitrogen and oxygen atoms in total. The molecular weight excluding hydrogens is 470 g/mol. The highest BCUT2D eigenvalue weighted by Crippen LogP contribution is 2.25. The number of carbonyl (C=O) groups excluding carboxylic acids is 3. The van der Waals surface area contributed by atoms with Crippen molar-refractivity contribution in [1.29, 1.82) is 0 Å². The summed E-state index contributed by atoms with van der Waals surface area (Å²) in [5, 5.41) is 10.7. The fourth-order valence-electron chi connectivity index (χ4n) is 3.06. The van der Waals surface area contributed by atoms with Crippen LogP contribution >= 0.6 is 23.1 Å². The largest absolute Gasteiger partial charge is 0.399 e. The molecule has 3 aromatic rings. The van der Waals surface area contributed by atoms with E-state index < -0.39 is 6.04 Å². The van der Waals surface area contributed by atoms with Crippen molar-refractivity contribution >= 4 is 51.6 Å². The Balaban J connectivity index is 1.64. The van der Waals surface area contributed by atoms with Crippen LogP contribution in [0, 0.1) is 0 Å². The maximum absolute atomic E-state index is 12.9. The molecule has 0 radical (unpaired) electrons. The molecule has 0 fully saturated rings. The summed E-state index contributed by atoms with van der Waals surface area (Å²) in [7, 11) is 0. The lowest BCUT2D eigenvalue weighted by Gasteiger charge is -2.17. The molecule has 0 aliphatic carbocycles. The maximum Gasteiger partial charge on any atom is 0.251 e. The zero-order valence-corrected chi connectivity index (χ0v) is 20.6. The van der Waals surface area contributed by atoms with Gasteiger partial charge < -0.3 is 21.7 Å². The second-order valence-electron chi connectivity index (χ2n) is 7.56. The van der Waals surface area contributed by atoms with Gasteiger partial charge in [0.25, 0.3) is 5.91 Å². The van der Waals surface area contributed by atoms with Crippen LogP contribution in [-0.4, -0.2) is 40.8 Å². The van der Waals surface area contributed by atoms with Gasteiger partial charge in [-0.3, -0.25) is 14.4 Å². The highest BCUT2D eigenvalue weighted by Gasteiger charge is 2.22. The summed E-state index contributed by atoms with van der Waals surface area (Å²) >= 11 is 2.92. The number of benzene rings is 2. The van der Waals surface area contributed by atoms with Crippen LogP contribution in [0.5, 0.6) is 0 Å². The Morgan fingerprint density at radius 3 is 2.44 bits per heavy atom. The van der Waals surface area contributed by atoms with Gasteiger partial charge in [0.15, 0.2) is 5.13 Å². The van der Waals surface area contributed by atoms with Gasteiger partial charge in [0.05, 0.1) is 5.69 Å². The molecule has 0 aliphatic rings. The van der Waals surface area contributed by atoms with Gasteiger partial charge in [-0.25, -0.2) is 4.98 Å². The van der Waals surface area contributed by atoms with E-state index in [-0.39, 0.29) is 17.7 Å². The number of nitrogens with two attached hydrogens (primary N) is 1. The zero-order valence-electron chi connectivity index (χ0n) is 19.0. The molecule has 1 atom stereocenters. The van der Waals surface area contributed by atoms with Crippen molar-refractivity contribution in [1.82, 2.24) is 15.6 Å². The van der Waals surface area contributed by atoms with Crippen molar-refractivity contribution in [2.75, 3.05) is 23.1 Å². The van der Waals surface area contributed by atoms with Crippen molar-refractivity contribution < 1.29 is 14.4 Å². The number of amides is 3. The predicted octanol–water partition coefficient (Wildman–Crippen LogP) is 3.52. The van der Waals surface area contributed by atoms with Crippen LogP contribution in [0.3, 0.4) is 0 Å². The molecule has 0 saturated carbocycles. The Morgan fingerprint density at radius 1 is 1.09 bits per heavy atom. The topological polar surface area (TPSA) is 126 Å². The highest BCUT2D eigenvalue weighted by molar-refractivity contribution is 7.98. The summed E-state index contributed by atoms with van der Waals surface area (Å²) in [6.07, 6.45) is 2.44. The maximum atomic E-state index is 12.9.